The van der Waals surface area contributed by atoms with Gasteiger partial charge in [0.15, 0.2) is 0 Å². The molecule has 0 aromatic heterocycles. The van der Waals surface area contributed by atoms with Gasteiger partial charge in [-0.2, -0.15) is 0 Å². The molecule has 0 aromatic rings. The molecule has 1 aliphatic heterocycles. The minimum absolute atomic E-state index is 1.05. The fourth-order valence-electron chi connectivity index (χ4n) is 1.30. The number of rotatable bonds is 4. The Hall–Kier alpha value is -0.760. The summed E-state index contributed by atoms with van der Waals surface area (Å²) in [5, 5.41) is 3.26. The fraction of sp³-hybridized carbons (Fsp3) is 0.600. The van der Waals surface area contributed by atoms with E-state index < -0.39 is 0 Å². The lowest BCUT2D eigenvalue weighted by Crippen LogP contribution is -2.29. The smallest absolute Gasteiger partial charge is 0.0381 e. The summed E-state index contributed by atoms with van der Waals surface area (Å²) in [6, 6.07) is 0. The second kappa shape index (κ2) is 4.99. The number of dihydropyridines is 1. The molecule has 0 bridgehead atoms. The SMILES string of the molecule is CCN(CC)CC1=CCC=CN1. The summed E-state index contributed by atoms with van der Waals surface area (Å²) in [6.07, 6.45) is 7.48. The third-order valence-corrected chi connectivity index (χ3v) is 2.18. The number of hydrogen-bond donors (Lipinski definition) is 1. The molecule has 0 amide bonds. The zero-order valence-corrected chi connectivity index (χ0v) is 8.01. The largest absolute Gasteiger partial charge is 0.364 e. The van der Waals surface area contributed by atoms with Crippen molar-refractivity contribution < 1.29 is 0 Å². The Bertz CT molecular complexity index is 178. The highest BCUT2D eigenvalue weighted by molar-refractivity contribution is 5.12. The zero-order chi connectivity index (χ0) is 8.81. The molecular formula is C10H18N2. The van der Waals surface area contributed by atoms with Gasteiger partial charge in [0.2, 0.25) is 0 Å². The van der Waals surface area contributed by atoms with Crippen LogP contribution in [-0.4, -0.2) is 24.5 Å². The van der Waals surface area contributed by atoms with Crippen molar-refractivity contribution in [2.24, 2.45) is 0 Å². The van der Waals surface area contributed by atoms with E-state index in [1.165, 1.54) is 5.70 Å². The third-order valence-electron chi connectivity index (χ3n) is 2.18. The quantitative estimate of drug-likeness (QED) is 0.684. The van der Waals surface area contributed by atoms with Crippen LogP contribution in [0.15, 0.2) is 24.0 Å². The number of nitrogens with one attached hydrogen (secondary N) is 1. The van der Waals surface area contributed by atoms with Crippen LogP contribution in [-0.2, 0) is 0 Å². The van der Waals surface area contributed by atoms with Gasteiger partial charge < -0.3 is 5.32 Å². The molecular weight excluding hydrogens is 148 g/mol. The van der Waals surface area contributed by atoms with Crippen LogP contribution >= 0.6 is 0 Å². The topological polar surface area (TPSA) is 15.3 Å². The van der Waals surface area contributed by atoms with Crippen molar-refractivity contribution in [3.8, 4) is 0 Å². The maximum Gasteiger partial charge on any atom is 0.0381 e. The van der Waals surface area contributed by atoms with E-state index in [1.54, 1.807) is 0 Å². The summed E-state index contributed by atoms with van der Waals surface area (Å²) in [5.41, 5.74) is 1.33. The van der Waals surface area contributed by atoms with Crippen molar-refractivity contribution >= 4 is 0 Å². The van der Waals surface area contributed by atoms with Gasteiger partial charge in [0.05, 0.1) is 0 Å². The minimum Gasteiger partial charge on any atom is -0.364 e. The van der Waals surface area contributed by atoms with Crippen LogP contribution in [0.25, 0.3) is 0 Å². The molecule has 0 saturated heterocycles. The minimum atomic E-state index is 1.05. The normalized spacial score (nSPS) is 16.1. The molecule has 1 N–H and O–H groups in total. The van der Waals surface area contributed by atoms with Gasteiger partial charge in [-0.1, -0.05) is 26.0 Å². The predicted molar refractivity (Wildman–Crippen MR) is 52.8 cm³/mol. The van der Waals surface area contributed by atoms with Gasteiger partial charge in [0.25, 0.3) is 0 Å². The monoisotopic (exact) mass is 166 g/mol. The Morgan fingerprint density at radius 2 is 2.17 bits per heavy atom. The summed E-state index contributed by atoms with van der Waals surface area (Å²) in [5.74, 6) is 0. The molecule has 0 aromatic carbocycles. The average molecular weight is 166 g/mol. The molecule has 0 aliphatic carbocycles. The first kappa shape index (κ1) is 9.33. The fourth-order valence-corrected chi connectivity index (χ4v) is 1.30. The number of hydrogen-bond acceptors (Lipinski definition) is 2. The molecule has 0 unspecified atom stereocenters. The van der Waals surface area contributed by atoms with E-state index in [2.05, 4.69) is 36.2 Å². The van der Waals surface area contributed by atoms with Gasteiger partial charge in [-0.05, 0) is 25.7 Å². The lowest BCUT2D eigenvalue weighted by molar-refractivity contribution is 0.325. The molecule has 0 saturated carbocycles. The number of allylic oxidation sites excluding steroid dienone is 2. The van der Waals surface area contributed by atoms with Crippen LogP contribution < -0.4 is 5.32 Å². The Labute approximate surface area is 74.9 Å². The summed E-state index contributed by atoms with van der Waals surface area (Å²) in [6.45, 7) is 7.70. The molecule has 2 heteroatoms. The molecule has 0 fully saturated rings. The summed E-state index contributed by atoms with van der Waals surface area (Å²) < 4.78 is 0. The van der Waals surface area contributed by atoms with Crippen LogP contribution in [0.5, 0.6) is 0 Å². The highest BCUT2D eigenvalue weighted by Gasteiger charge is 2.03. The molecule has 1 rings (SSSR count). The summed E-state index contributed by atoms with van der Waals surface area (Å²) in [4.78, 5) is 2.40. The lowest BCUT2D eigenvalue weighted by atomic mass is 10.2. The first-order valence-electron chi connectivity index (χ1n) is 4.69. The van der Waals surface area contributed by atoms with Gasteiger partial charge in [0.1, 0.15) is 0 Å². The molecule has 1 heterocycles. The van der Waals surface area contributed by atoms with Gasteiger partial charge >= 0.3 is 0 Å². The number of nitrogens with zero attached hydrogens (tertiary/aromatic N) is 1. The van der Waals surface area contributed by atoms with Crippen molar-refractivity contribution in [2.45, 2.75) is 20.3 Å². The van der Waals surface area contributed by atoms with E-state index in [-0.39, 0.29) is 0 Å². The molecule has 0 atom stereocenters. The summed E-state index contributed by atoms with van der Waals surface area (Å²) >= 11 is 0. The predicted octanol–water partition coefficient (Wildman–Crippen LogP) is 1.72. The molecule has 1 aliphatic rings. The lowest BCUT2D eigenvalue weighted by Gasteiger charge is -2.21. The van der Waals surface area contributed by atoms with Crippen molar-refractivity contribution in [2.75, 3.05) is 19.6 Å². The van der Waals surface area contributed by atoms with E-state index >= 15 is 0 Å². The number of likely N-dealkylation sites (N-methyl/N-ethyl adjacent to an activating group) is 1. The second-order valence-corrected chi connectivity index (χ2v) is 2.97. The maximum absolute atomic E-state index is 3.26. The van der Waals surface area contributed by atoms with E-state index in [4.69, 9.17) is 0 Å². The van der Waals surface area contributed by atoms with E-state index in [0.717, 1.165) is 26.1 Å². The summed E-state index contributed by atoms with van der Waals surface area (Å²) in [7, 11) is 0. The van der Waals surface area contributed by atoms with Crippen LogP contribution in [0.4, 0.5) is 0 Å². The van der Waals surface area contributed by atoms with Crippen molar-refractivity contribution in [3.63, 3.8) is 0 Å². The van der Waals surface area contributed by atoms with Crippen LogP contribution in [0.1, 0.15) is 20.3 Å². The highest BCUT2D eigenvalue weighted by Crippen LogP contribution is 2.02. The third kappa shape index (κ3) is 2.70. The van der Waals surface area contributed by atoms with Gasteiger partial charge in [-0.15, -0.1) is 0 Å². The van der Waals surface area contributed by atoms with Gasteiger partial charge in [0, 0.05) is 12.2 Å². The Morgan fingerprint density at radius 3 is 2.67 bits per heavy atom. The molecule has 68 valence electrons. The standard InChI is InChI=1S/C10H18N2/c1-3-12(4-2)9-10-7-5-6-8-11-10/h6-8,11H,3-5,9H2,1-2H3. The Balaban J connectivity index is 2.33. The van der Waals surface area contributed by atoms with Crippen LogP contribution in [0, 0.1) is 0 Å². The molecule has 0 radical (unpaired) electrons. The molecule has 12 heavy (non-hydrogen) atoms. The second-order valence-electron chi connectivity index (χ2n) is 2.97. The van der Waals surface area contributed by atoms with Crippen molar-refractivity contribution in [3.05, 3.63) is 24.0 Å². The van der Waals surface area contributed by atoms with E-state index in [0.29, 0.717) is 0 Å². The molecule has 0 spiro atoms. The van der Waals surface area contributed by atoms with Gasteiger partial charge in [-0.3, -0.25) is 4.90 Å². The van der Waals surface area contributed by atoms with Crippen molar-refractivity contribution in [1.29, 1.82) is 0 Å². The Morgan fingerprint density at radius 1 is 1.42 bits per heavy atom. The van der Waals surface area contributed by atoms with Crippen LogP contribution in [0.3, 0.4) is 0 Å². The molecule has 2 nitrogen and oxygen atoms in total. The average Bonchev–Trinajstić information content (AvgIpc) is 2.16. The van der Waals surface area contributed by atoms with Crippen LogP contribution in [0.2, 0.25) is 0 Å². The van der Waals surface area contributed by atoms with Crippen molar-refractivity contribution in [1.82, 2.24) is 10.2 Å². The maximum atomic E-state index is 3.26. The first-order chi connectivity index (χ1) is 5.86. The van der Waals surface area contributed by atoms with E-state index in [1.807, 2.05) is 6.20 Å². The Kier molecular flexibility index (Phi) is 3.88. The zero-order valence-electron chi connectivity index (χ0n) is 8.01. The van der Waals surface area contributed by atoms with E-state index in [9.17, 15) is 0 Å². The highest BCUT2D eigenvalue weighted by atomic mass is 15.1. The van der Waals surface area contributed by atoms with Gasteiger partial charge in [-0.25, -0.2) is 0 Å². The first-order valence-corrected chi connectivity index (χ1v) is 4.69.